The van der Waals surface area contributed by atoms with Crippen LogP contribution in [0.15, 0.2) is 48.5 Å². The lowest BCUT2D eigenvalue weighted by Gasteiger charge is -2.26. The normalized spacial score (nSPS) is 13.6. The van der Waals surface area contributed by atoms with Gasteiger partial charge in [-0.15, -0.1) is 0 Å². The van der Waals surface area contributed by atoms with Crippen LogP contribution in [0.1, 0.15) is 64.0 Å². The molecule has 0 radical (unpaired) electrons. The first-order valence-corrected chi connectivity index (χ1v) is 12.2. The Labute approximate surface area is 207 Å². The Morgan fingerprint density at radius 2 is 1.54 bits per heavy atom. The van der Waals surface area contributed by atoms with Crippen LogP contribution >= 0.6 is 0 Å². The summed E-state index contributed by atoms with van der Waals surface area (Å²) < 4.78 is 5.60. The van der Waals surface area contributed by atoms with Crippen molar-refractivity contribution in [3.63, 3.8) is 0 Å². The first-order chi connectivity index (χ1) is 16.6. The van der Waals surface area contributed by atoms with Gasteiger partial charge in [0, 0.05) is 18.9 Å². The van der Waals surface area contributed by atoms with E-state index in [2.05, 4.69) is 34.9 Å². The number of nitrogens with one attached hydrogen (secondary N) is 2. The van der Waals surface area contributed by atoms with E-state index in [9.17, 15) is 14.4 Å². The number of benzene rings is 2. The lowest BCUT2D eigenvalue weighted by molar-refractivity contribution is -0.137. The molecule has 1 aliphatic rings. The quantitative estimate of drug-likeness (QED) is 0.422. The molecule has 0 aliphatic heterocycles. The molecule has 1 atom stereocenters. The molecular weight excluding hydrogens is 444 g/mol. The number of carboxylic acid groups (broad SMARTS) is 1. The van der Waals surface area contributed by atoms with E-state index in [4.69, 9.17) is 9.84 Å². The molecule has 0 bridgehead atoms. The van der Waals surface area contributed by atoms with Gasteiger partial charge in [0.25, 0.3) is 0 Å². The van der Waals surface area contributed by atoms with Crippen molar-refractivity contribution in [2.75, 3.05) is 13.2 Å². The standard InChI is InChI=1S/C28H36N2O5/c1-18(2)25(26(33)29-16-15-28(3,4)14-13-24(31)32)30-27(34)35-17-23-21-11-7-5-9-19(21)20-10-6-8-12-22(20)23/h5-12,18,23,25H,13-17H2,1-4H3,(H,29,33)(H,30,34)(H,31,32). The second-order valence-electron chi connectivity index (χ2n) is 10.3. The zero-order valence-corrected chi connectivity index (χ0v) is 21.0. The highest BCUT2D eigenvalue weighted by atomic mass is 16.5. The van der Waals surface area contributed by atoms with E-state index in [1.54, 1.807) is 0 Å². The minimum absolute atomic E-state index is 0.0486. The predicted octanol–water partition coefficient (Wildman–Crippen LogP) is 4.95. The number of hydrogen-bond donors (Lipinski definition) is 3. The van der Waals surface area contributed by atoms with Crippen LogP contribution in [0, 0.1) is 11.3 Å². The number of hydrogen-bond acceptors (Lipinski definition) is 4. The second kappa shape index (κ2) is 11.4. The summed E-state index contributed by atoms with van der Waals surface area (Å²) in [7, 11) is 0. The summed E-state index contributed by atoms with van der Waals surface area (Å²) in [6.07, 6.45) is 0.646. The Morgan fingerprint density at radius 1 is 0.971 bits per heavy atom. The van der Waals surface area contributed by atoms with Crippen LogP contribution < -0.4 is 10.6 Å². The van der Waals surface area contributed by atoms with Crippen LogP contribution in [-0.2, 0) is 14.3 Å². The molecule has 7 nitrogen and oxygen atoms in total. The predicted molar refractivity (Wildman–Crippen MR) is 135 cm³/mol. The zero-order valence-electron chi connectivity index (χ0n) is 21.0. The van der Waals surface area contributed by atoms with Crippen LogP contribution in [0.4, 0.5) is 4.79 Å². The van der Waals surface area contributed by atoms with Crippen molar-refractivity contribution < 1.29 is 24.2 Å². The lowest BCUT2D eigenvalue weighted by Crippen LogP contribution is -2.50. The molecule has 2 aromatic rings. The molecule has 3 rings (SSSR count). The number of carbonyl (C=O) groups excluding carboxylic acids is 2. The fourth-order valence-corrected chi connectivity index (χ4v) is 4.51. The smallest absolute Gasteiger partial charge is 0.407 e. The van der Waals surface area contributed by atoms with Crippen molar-refractivity contribution in [1.82, 2.24) is 10.6 Å². The molecule has 0 spiro atoms. The molecule has 188 valence electrons. The van der Waals surface area contributed by atoms with E-state index in [1.807, 2.05) is 52.0 Å². The summed E-state index contributed by atoms with van der Waals surface area (Å²) in [6, 6.07) is 15.5. The number of alkyl carbamates (subject to hydrolysis) is 1. The average molecular weight is 481 g/mol. The van der Waals surface area contributed by atoms with E-state index in [1.165, 1.54) is 0 Å². The second-order valence-corrected chi connectivity index (χ2v) is 10.3. The van der Waals surface area contributed by atoms with E-state index < -0.39 is 18.1 Å². The van der Waals surface area contributed by atoms with Gasteiger partial charge < -0.3 is 20.5 Å². The first kappa shape index (κ1) is 26.3. The summed E-state index contributed by atoms with van der Waals surface area (Å²) in [4.78, 5) is 36.3. The molecule has 2 amide bonds. The topological polar surface area (TPSA) is 105 Å². The zero-order chi connectivity index (χ0) is 25.6. The number of fused-ring (bicyclic) bond motifs is 3. The number of amides is 2. The molecule has 0 saturated heterocycles. The molecule has 0 fully saturated rings. The van der Waals surface area contributed by atoms with Crippen molar-refractivity contribution in [2.24, 2.45) is 11.3 Å². The maximum Gasteiger partial charge on any atom is 0.407 e. The van der Waals surface area contributed by atoms with Crippen LogP contribution in [0.5, 0.6) is 0 Å². The van der Waals surface area contributed by atoms with Crippen molar-refractivity contribution in [2.45, 2.75) is 58.9 Å². The van der Waals surface area contributed by atoms with Gasteiger partial charge in [0.1, 0.15) is 12.6 Å². The van der Waals surface area contributed by atoms with E-state index >= 15 is 0 Å². The molecule has 1 unspecified atom stereocenters. The third kappa shape index (κ3) is 6.84. The summed E-state index contributed by atoms with van der Waals surface area (Å²) in [5, 5.41) is 14.5. The highest BCUT2D eigenvalue weighted by molar-refractivity contribution is 5.86. The minimum atomic E-state index is -0.825. The van der Waals surface area contributed by atoms with Crippen molar-refractivity contribution in [1.29, 1.82) is 0 Å². The number of rotatable bonds is 11. The Kier molecular flexibility index (Phi) is 8.54. The third-order valence-corrected chi connectivity index (χ3v) is 6.68. The van der Waals surface area contributed by atoms with Crippen LogP contribution in [0.2, 0.25) is 0 Å². The van der Waals surface area contributed by atoms with E-state index in [0.717, 1.165) is 22.3 Å². The molecule has 35 heavy (non-hydrogen) atoms. The molecule has 0 aromatic heterocycles. The van der Waals surface area contributed by atoms with E-state index in [0.29, 0.717) is 19.4 Å². The average Bonchev–Trinajstić information content (AvgIpc) is 3.13. The lowest BCUT2D eigenvalue weighted by atomic mass is 9.84. The number of aliphatic carboxylic acids is 1. The number of carbonyl (C=O) groups is 3. The van der Waals surface area contributed by atoms with Gasteiger partial charge >= 0.3 is 12.1 Å². The maximum absolute atomic E-state index is 12.8. The fraction of sp³-hybridized carbons (Fsp3) is 0.464. The van der Waals surface area contributed by atoms with Gasteiger partial charge in [-0.2, -0.15) is 0 Å². The molecule has 0 saturated carbocycles. The van der Waals surface area contributed by atoms with Gasteiger partial charge in [0.2, 0.25) is 5.91 Å². The molecule has 3 N–H and O–H groups in total. The SMILES string of the molecule is CC(C)C(NC(=O)OCC1c2ccccc2-c2ccccc21)C(=O)NCCC(C)(C)CCC(=O)O. The highest BCUT2D eigenvalue weighted by Gasteiger charge is 2.30. The molecule has 0 heterocycles. The summed E-state index contributed by atoms with van der Waals surface area (Å²) in [6.45, 7) is 8.29. The van der Waals surface area contributed by atoms with Gasteiger partial charge in [0.15, 0.2) is 0 Å². The van der Waals surface area contributed by atoms with Gasteiger partial charge in [-0.3, -0.25) is 9.59 Å². The van der Waals surface area contributed by atoms with Gasteiger partial charge in [0.05, 0.1) is 0 Å². The van der Waals surface area contributed by atoms with Crippen molar-refractivity contribution >= 4 is 18.0 Å². The van der Waals surface area contributed by atoms with Crippen molar-refractivity contribution in [3.8, 4) is 11.1 Å². The Morgan fingerprint density at radius 3 is 2.09 bits per heavy atom. The Hall–Kier alpha value is -3.35. The van der Waals surface area contributed by atoms with Crippen LogP contribution in [0.25, 0.3) is 11.1 Å². The fourth-order valence-electron chi connectivity index (χ4n) is 4.51. The van der Waals surface area contributed by atoms with Crippen molar-refractivity contribution in [3.05, 3.63) is 59.7 Å². The largest absolute Gasteiger partial charge is 0.481 e. The number of carboxylic acids is 1. The molecule has 1 aliphatic carbocycles. The molecular formula is C28H36N2O5. The van der Waals surface area contributed by atoms with E-state index in [-0.39, 0.29) is 36.2 Å². The maximum atomic E-state index is 12.8. The third-order valence-electron chi connectivity index (χ3n) is 6.68. The first-order valence-electron chi connectivity index (χ1n) is 12.2. The molecule has 2 aromatic carbocycles. The summed E-state index contributed by atoms with van der Waals surface area (Å²) >= 11 is 0. The Balaban J connectivity index is 1.54. The number of ether oxygens (including phenoxy) is 1. The van der Waals surface area contributed by atoms with Gasteiger partial charge in [-0.25, -0.2) is 4.79 Å². The van der Waals surface area contributed by atoms with Gasteiger partial charge in [-0.1, -0.05) is 76.2 Å². The van der Waals surface area contributed by atoms with Gasteiger partial charge in [-0.05, 0) is 46.4 Å². The van der Waals surface area contributed by atoms with Crippen LogP contribution in [-0.4, -0.2) is 42.3 Å². The summed E-state index contributed by atoms with van der Waals surface area (Å²) in [5.74, 6) is -1.28. The summed E-state index contributed by atoms with van der Waals surface area (Å²) in [5.41, 5.74) is 4.36. The Bertz CT molecular complexity index is 1020. The minimum Gasteiger partial charge on any atom is -0.481 e. The highest BCUT2D eigenvalue weighted by Crippen LogP contribution is 2.44. The van der Waals surface area contributed by atoms with Crippen LogP contribution in [0.3, 0.4) is 0 Å². The molecule has 7 heteroatoms. The monoisotopic (exact) mass is 480 g/mol.